The molecule has 8 heteroatoms. The Morgan fingerprint density at radius 2 is 1.79 bits per heavy atom. The zero-order chi connectivity index (χ0) is 17.5. The molecule has 0 aliphatic heterocycles. The molecule has 4 nitrogen and oxygen atoms in total. The van der Waals surface area contributed by atoms with Gasteiger partial charge < -0.3 is 0 Å². The zero-order valence-corrected chi connectivity index (χ0v) is 14.6. The number of hydrazine groups is 1. The van der Waals surface area contributed by atoms with Gasteiger partial charge in [-0.25, -0.2) is 4.39 Å². The van der Waals surface area contributed by atoms with E-state index in [9.17, 15) is 14.0 Å². The first-order chi connectivity index (χ1) is 11.4. The number of carbonyl (C=O) groups is 2. The third-order valence-corrected chi connectivity index (χ3v) is 4.58. The van der Waals surface area contributed by atoms with Crippen LogP contribution < -0.4 is 10.9 Å². The van der Waals surface area contributed by atoms with Gasteiger partial charge in [0.1, 0.15) is 5.82 Å². The summed E-state index contributed by atoms with van der Waals surface area (Å²) in [5.74, 6) is -1.21. The Morgan fingerprint density at radius 1 is 1.04 bits per heavy atom. The van der Waals surface area contributed by atoms with Crippen LogP contribution in [0.15, 0.2) is 47.4 Å². The molecule has 2 rings (SSSR count). The molecule has 2 aromatic carbocycles. The van der Waals surface area contributed by atoms with Gasteiger partial charge in [0, 0.05) is 9.92 Å². The number of thioether (sulfide) groups is 1. The Kier molecular flexibility index (Phi) is 6.90. The molecule has 0 radical (unpaired) electrons. The van der Waals surface area contributed by atoms with Crippen LogP contribution in [0.1, 0.15) is 5.56 Å². The van der Waals surface area contributed by atoms with E-state index in [2.05, 4.69) is 10.9 Å². The minimum Gasteiger partial charge on any atom is -0.273 e. The molecule has 2 aromatic rings. The summed E-state index contributed by atoms with van der Waals surface area (Å²) >= 11 is 13.1. The summed E-state index contributed by atoms with van der Waals surface area (Å²) in [4.78, 5) is 24.1. The van der Waals surface area contributed by atoms with Crippen LogP contribution >= 0.6 is 35.0 Å². The Balaban J connectivity index is 1.76. The van der Waals surface area contributed by atoms with Crippen molar-refractivity contribution >= 4 is 46.8 Å². The van der Waals surface area contributed by atoms with Crippen LogP contribution in [0.5, 0.6) is 0 Å². The van der Waals surface area contributed by atoms with Gasteiger partial charge in [0.25, 0.3) is 0 Å². The lowest BCUT2D eigenvalue weighted by atomic mass is 10.1. The van der Waals surface area contributed by atoms with E-state index in [1.54, 1.807) is 24.3 Å². The molecule has 0 heterocycles. The van der Waals surface area contributed by atoms with E-state index < -0.39 is 17.6 Å². The topological polar surface area (TPSA) is 58.2 Å². The van der Waals surface area contributed by atoms with Crippen molar-refractivity contribution in [2.45, 2.75) is 11.3 Å². The molecule has 0 saturated heterocycles. The van der Waals surface area contributed by atoms with Crippen LogP contribution in [0.25, 0.3) is 0 Å². The van der Waals surface area contributed by atoms with E-state index in [0.29, 0.717) is 20.5 Å². The van der Waals surface area contributed by atoms with Gasteiger partial charge in [0.05, 0.1) is 17.2 Å². The van der Waals surface area contributed by atoms with Crippen LogP contribution in [0.4, 0.5) is 4.39 Å². The van der Waals surface area contributed by atoms with Gasteiger partial charge in [-0.05, 0) is 35.9 Å². The van der Waals surface area contributed by atoms with Gasteiger partial charge in [0.15, 0.2) is 0 Å². The van der Waals surface area contributed by atoms with Gasteiger partial charge in [-0.1, -0.05) is 35.3 Å². The molecule has 0 saturated carbocycles. The average molecular weight is 387 g/mol. The predicted molar refractivity (Wildman–Crippen MR) is 93.6 cm³/mol. The molecule has 0 atom stereocenters. The van der Waals surface area contributed by atoms with Crippen molar-refractivity contribution in [1.29, 1.82) is 0 Å². The normalized spacial score (nSPS) is 10.3. The predicted octanol–water partition coefficient (Wildman–Crippen LogP) is 3.61. The molecule has 0 bridgehead atoms. The summed E-state index contributed by atoms with van der Waals surface area (Å²) in [6.07, 6.45) is -0.0364. The minimum absolute atomic E-state index is 0.0364. The highest BCUT2D eigenvalue weighted by Crippen LogP contribution is 2.29. The SMILES string of the molecule is O=C(CSc1cc(Cl)ccc1Cl)NNC(=O)Cc1cccc(F)c1. The molecular weight excluding hydrogens is 374 g/mol. The van der Waals surface area contributed by atoms with E-state index in [0.717, 1.165) is 0 Å². The molecule has 0 aliphatic rings. The Hall–Kier alpha value is -1.76. The van der Waals surface area contributed by atoms with E-state index in [1.165, 1.54) is 30.0 Å². The molecule has 0 fully saturated rings. The van der Waals surface area contributed by atoms with Crippen molar-refractivity contribution in [3.05, 3.63) is 63.9 Å². The molecule has 2 amide bonds. The van der Waals surface area contributed by atoms with Gasteiger partial charge in [0.2, 0.25) is 11.8 Å². The number of hydrogen-bond donors (Lipinski definition) is 2. The molecule has 2 N–H and O–H groups in total. The van der Waals surface area contributed by atoms with Gasteiger partial charge >= 0.3 is 0 Å². The van der Waals surface area contributed by atoms with E-state index >= 15 is 0 Å². The van der Waals surface area contributed by atoms with E-state index in [4.69, 9.17) is 23.2 Å². The Labute approximate surface area is 152 Å². The Morgan fingerprint density at radius 3 is 2.54 bits per heavy atom. The molecule has 0 aromatic heterocycles. The summed E-state index contributed by atoms with van der Waals surface area (Å²) in [6, 6.07) is 10.7. The largest absolute Gasteiger partial charge is 0.273 e. The quantitative estimate of drug-likeness (QED) is 0.609. The second kappa shape index (κ2) is 8.92. The van der Waals surface area contributed by atoms with Crippen LogP contribution in [-0.4, -0.2) is 17.6 Å². The second-order valence-corrected chi connectivity index (χ2v) is 6.63. The van der Waals surface area contributed by atoms with E-state index in [1.807, 2.05) is 0 Å². The fourth-order valence-corrected chi connectivity index (χ4v) is 3.08. The third kappa shape index (κ3) is 6.03. The summed E-state index contributed by atoms with van der Waals surface area (Å²) < 4.78 is 13.0. The van der Waals surface area contributed by atoms with Crippen molar-refractivity contribution in [2.75, 3.05) is 5.75 Å². The number of rotatable bonds is 5. The number of carbonyl (C=O) groups excluding carboxylic acids is 2. The molecule has 24 heavy (non-hydrogen) atoms. The van der Waals surface area contributed by atoms with Crippen molar-refractivity contribution in [3.63, 3.8) is 0 Å². The molecular formula is C16H13Cl2FN2O2S. The van der Waals surface area contributed by atoms with Crippen LogP contribution in [0.2, 0.25) is 10.0 Å². The number of amides is 2. The van der Waals surface area contributed by atoms with Gasteiger partial charge in [-0.3, -0.25) is 20.4 Å². The number of nitrogens with one attached hydrogen (secondary N) is 2. The third-order valence-electron chi connectivity index (χ3n) is 2.85. The lowest BCUT2D eigenvalue weighted by molar-refractivity contribution is -0.127. The number of halogens is 3. The highest BCUT2D eigenvalue weighted by atomic mass is 35.5. The first-order valence-corrected chi connectivity index (χ1v) is 8.58. The maximum absolute atomic E-state index is 13.0. The summed E-state index contributed by atoms with van der Waals surface area (Å²) in [5.41, 5.74) is 5.09. The van der Waals surface area contributed by atoms with E-state index in [-0.39, 0.29) is 12.2 Å². The number of hydrogen-bond acceptors (Lipinski definition) is 3. The molecule has 0 unspecified atom stereocenters. The number of benzene rings is 2. The van der Waals surface area contributed by atoms with Crippen LogP contribution in [0, 0.1) is 5.82 Å². The summed E-state index contributed by atoms with van der Waals surface area (Å²) in [7, 11) is 0. The van der Waals surface area contributed by atoms with Gasteiger partial charge in [-0.15, -0.1) is 11.8 Å². The fraction of sp³-hybridized carbons (Fsp3) is 0.125. The smallest absolute Gasteiger partial charge is 0.248 e. The lowest BCUT2D eigenvalue weighted by Crippen LogP contribution is -2.43. The van der Waals surface area contributed by atoms with Crippen LogP contribution in [0.3, 0.4) is 0 Å². The van der Waals surface area contributed by atoms with Crippen LogP contribution in [-0.2, 0) is 16.0 Å². The van der Waals surface area contributed by atoms with Crippen molar-refractivity contribution in [2.24, 2.45) is 0 Å². The minimum atomic E-state index is -0.445. The summed E-state index contributed by atoms with van der Waals surface area (Å²) in [5, 5.41) is 1.01. The lowest BCUT2D eigenvalue weighted by Gasteiger charge is -2.08. The molecule has 126 valence electrons. The second-order valence-electron chi connectivity index (χ2n) is 4.77. The van der Waals surface area contributed by atoms with Crippen molar-refractivity contribution < 1.29 is 14.0 Å². The molecule has 0 aliphatic carbocycles. The average Bonchev–Trinajstić information content (AvgIpc) is 2.54. The zero-order valence-electron chi connectivity index (χ0n) is 12.3. The Bertz CT molecular complexity index is 759. The maximum atomic E-state index is 13.0. The summed E-state index contributed by atoms with van der Waals surface area (Å²) in [6.45, 7) is 0. The van der Waals surface area contributed by atoms with Gasteiger partial charge in [-0.2, -0.15) is 0 Å². The highest BCUT2D eigenvalue weighted by molar-refractivity contribution is 8.00. The first-order valence-electron chi connectivity index (χ1n) is 6.84. The standard InChI is InChI=1S/C16H13Cl2FN2O2S/c17-11-4-5-13(18)14(8-11)24-9-16(23)21-20-15(22)7-10-2-1-3-12(19)6-10/h1-6,8H,7,9H2,(H,20,22)(H,21,23). The fourth-order valence-electron chi connectivity index (χ4n) is 1.78. The monoisotopic (exact) mass is 386 g/mol. The van der Waals surface area contributed by atoms with Crippen molar-refractivity contribution in [3.8, 4) is 0 Å². The van der Waals surface area contributed by atoms with Crippen molar-refractivity contribution in [1.82, 2.24) is 10.9 Å². The maximum Gasteiger partial charge on any atom is 0.248 e. The first kappa shape index (κ1) is 18.6. The molecule has 0 spiro atoms. The highest BCUT2D eigenvalue weighted by Gasteiger charge is 2.09.